The molecule has 2 heterocycles. The highest BCUT2D eigenvalue weighted by Gasteiger charge is 2.33. The number of carbonyl (C=O) groups excluding carboxylic acids is 1. The molecule has 150 valence electrons. The van der Waals surface area contributed by atoms with Gasteiger partial charge in [0.05, 0.1) is 11.7 Å². The van der Waals surface area contributed by atoms with E-state index in [1.54, 1.807) is 0 Å². The molecular weight excluding hydrogens is 378 g/mol. The molecule has 0 unspecified atom stereocenters. The number of hydrogen-bond acceptors (Lipinski definition) is 6. The van der Waals surface area contributed by atoms with Crippen molar-refractivity contribution >= 4 is 23.1 Å². The molecule has 4 rings (SSSR count). The van der Waals surface area contributed by atoms with Crippen molar-refractivity contribution in [2.45, 2.75) is 12.5 Å². The number of ether oxygens (including phenoxy) is 1. The number of benzene rings is 2. The second kappa shape index (κ2) is 8.08. The summed E-state index contributed by atoms with van der Waals surface area (Å²) in [5, 5.41) is 2.90. The number of hydrogen-bond donors (Lipinski definition) is 2. The summed E-state index contributed by atoms with van der Waals surface area (Å²) in [6.45, 7) is 7.72. The molecule has 3 aromatic rings. The summed E-state index contributed by atoms with van der Waals surface area (Å²) in [6, 6.07) is 16.7. The number of nitrogen functional groups attached to an aromatic ring is 1. The third-order valence-corrected chi connectivity index (χ3v) is 4.81. The van der Waals surface area contributed by atoms with Crippen LogP contribution in [0.5, 0.6) is 11.5 Å². The van der Waals surface area contributed by atoms with E-state index in [0.29, 0.717) is 29.4 Å². The second-order valence-electron chi connectivity index (χ2n) is 6.76. The van der Waals surface area contributed by atoms with Gasteiger partial charge >= 0.3 is 0 Å². The normalized spacial score (nSPS) is 15.3. The molecule has 2 aromatic carbocycles. The van der Waals surface area contributed by atoms with E-state index in [9.17, 15) is 4.79 Å². The van der Waals surface area contributed by atoms with Crippen LogP contribution in [0.25, 0.3) is 0 Å². The smallest absolute Gasteiger partial charge is 0.243 e. The van der Waals surface area contributed by atoms with Crippen molar-refractivity contribution in [3.05, 3.63) is 91.5 Å². The van der Waals surface area contributed by atoms with E-state index in [1.807, 2.05) is 59.5 Å². The zero-order chi connectivity index (χ0) is 21.1. The maximum Gasteiger partial charge on any atom is 0.243 e. The number of carbonyl (C=O) groups is 1. The van der Waals surface area contributed by atoms with E-state index in [2.05, 4.69) is 28.4 Å². The lowest BCUT2D eigenvalue weighted by atomic mass is 9.98. The molecule has 1 atom stereocenters. The van der Waals surface area contributed by atoms with Crippen LogP contribution in [-0.2, 0) is 11.2 Å². The van der Waals surface area contributed by atoms with Crippen LogP contribution in [-0.4, -0.2) is 21.9 Å². The van der Waals surface area contributed by atoms with Gasteiger partial charge in [0, 0.05) is 17.8 Å². The molecule has 0 bridgehead atoms. The number of anilines is 3. The van der Waals surface area contributed by atoms with Gasteiger partial charge in [-0.05, 0) is 42.5 Å². The first-order valence-corrected chi connectivity index (χ1v) is 9.41. The Morgan fingerprint density at radius 3 is 2.53 bits per heavy atom. The van der Waals surface area contributed by atoms with E-state index >= 15 is 0 Å². The molecule has 7 heteroatoms. The fourth-order valence-electron chi connectivity index (χ4n) is 3.38. The summed E-state index contributed by atoms with van der Waals surface area (Å²) in [5.74, 6) is 1.52. The van der Waals surface area contributed by atoms with Crippen molar-refractivity contribution in [2.75, 3.05) is 10.6 Å². The SMILES string of the molecule is C=CC(=O)N[C@@H]1Cc2ncnc(N)c2N(c2ccc(Oc3ccccc3)cc2)C1=C. The maximum absolute atomic E-state index is 11.9. The number of aromatic nitrogens is 2. The second-order valence-corrected chi connectivity index (χ2v) is 6.76. The molecule has 3 N–H and O–H groups in total. The number of nitrogens with zero attached hydrogens (tertiary/aromatic N) is 3. The Labute approximate surface area is 174 Å². The van der Waals surface area contributed by atoms with Gasteiger partial charge in [-0.15, -0.1) is 0 Å². The molecular formula is C23H21N5O2. The zero-order valence-corrected chi connectivity index (χ0v) is 16.3. The molecule has 1 aliphatic rings. The minimum atomic E-state index is -0.349. The van der Waals surface area contributed by atoms with Gasteiger partial charge in [0.1, 0.15) is 23.5 Å². The van der Waals surface area contributed by atoms with Crippen LogP contribution in [0.1, 0.15) is 5.69 Å². The van der Waals surface area contributed by atoms with E-state index in [-0.39, 0.29) is 11.9 Å². The van der Waals surface area contributed by atoms with Crippen molar-refractivity contribution < 1.29 is 9.53 Å². The number of amides is 1. The molecule has 0 radical (unpaired) electrons. The molecule has 0 fully saturated rings. The standard InChI is InChI=1S/C23H21N5O2/c1-3-21(29)27-19-13-20-22(23(24)26-14-25-20)28(15(19)2)16-9-11-18(12-10-16)30-17-7-5-4-6-8-17/h3-12,14,19H,1-2,13H2,(H,27,29)(H2,24,25,26)/t19-/m1/s1. The number of nitrogens with two attached hydrogens (primary N) is 1. The lowest BCUT2D eigenvalue weighted by molar-refractivity contribution is -0.116. The molecule has 0 saturated carbocycles. The van der Waals surface area contributed by atoms with Gasteiger partial charge in [0.15, 0.2) is 5.82 Å². The summed E-state index contributed by atoms with van der Waals surface area (Å²) in [5.41, 5.74) is 9.04. The van der Waals surface area contributed by atoms with Crippen molar-refractivity contribution in [1.82, 2.24) is 15.3 Å². The van der Waals surface area contributed by atoms with Gasteiger partial charge in [-0.1, -0.05) is 31.4 Å². The zero-order valence-electron chi connectivity index (χ0n) is 16.3. The van der Waals surface area contributed by atoms with Crippen LogP contribution in [0.4, 0.5) is 17.2 Å². The Morgan fingerprint density at radius 2 is 1.83 bits per heavy atom. The molecule has 1 aliphatic heterocycles. The Morgan fingerprint density at radius 1 is 1.13 bits per heavy atom. The van der Waals surface area contributed by atoms with Crippen molar-refractivity contribution in [3.8, 4) is 11.5 Å². The van der Waals surface area contributed by atoms with Crippen LogP contribution in [0.3, 0.4) is 0 Å². The van der Waals surface area contributed by atoms with E-state index < -0.39 is 0 Å². The minimum absolute atomic E-state index is 0.279. The monoisotopic (exact) mass is 399 g/mol. The minimum Gasteiger partial charge on any atom is -0.457 e. The Kier molecular flexibility index (Phi) is 5.17. The highest BCUT2D eigenvalue weighted by Crippen LogP contribution is 2.40. The number of nitrogens with one attached hydrogen (secondary N) is 1. The summed E-state index contributed by atoms with van der Waals surface area (Å²) < 4.78 is 5.87. The largest absolute Gasteiger partial charge is 0.457 e. The van der Waals surface area contributed by atoms with Gasteiger partial charge in [0.2, 0.25) is 5.91 Å². The third-order valence-electron chi connectivity index (χ3n) is 4.81. The summed E-state index contributed by atoms with van der Waals surface area (Å²) in [6.07, 6.45) is 3.12. The number of fused-ring (bicyclic) bond motifs is 1. The molecule has 1 aromatic heterocycles. The van der Waals surface area contributed by atoms with Crippen LogP contribution in [0.15, 0.2) is 85.9 Å². The van der Waals surface area contributed by atoms with Crippen LogP contribution >= 0.6 is 0 Å². The fraction of sp³-hybridized carbons (Fsp3) is 0.0870. The van der Waals surface area contributed by atoms with Crippen molar-refractivity contribution in [3.63, 3.8) is 0 Å². The Hall–Kier alpha value is -4.13. The predicted molar refractivity (Wildman–Crippen MR) is 117 cm³/mol. The number of rotatable bonds is 5. The maximum atomic E-state index is 11.9. The van der Waals surface area contributed by atoms with E-state index in [4.69, 9.17) is 10.5 Å². The first-order valence-electron chi connectivity index (χ1n) is 9.41. The average Bonchev–Trinajstić information content (AvgIpc) is 2.76. The molecule has 0 spiro atoms. The first-order chi connectivity index (χ1) is 14.6. The summed E-state index contributed by atoms with van der Waals surface area (Å²) in [7, 11) is 0. The lowest BCUT2D eigenvalue weighted by Gasteiger charge is -2.37. The summed E-state index contributed by atoms with van der Waals surface area (Å²) >= 11 is 0. The van der Waals surface area contributed by atoms with Crippen molar-refractivity contribution in [2.24, 2.45) is 0 Å². The Balaban J connectivity index is 1.68. The van der Waals surface area contributed by atoms with Crippen LogP contribution in [0, 0.1) is 0 Å². The van der Waals surface area contributed by atoms with Crippen LogP contribution < -0.4 is 20.7 Å². The van der Waals surface area contributed by atoms with Gasteiger partial charge in [-0.3, -0.25) is 4.79 Å². The third kappa shape index (κ3) is 3.73. The highest BCUT2D eigenvalue weighted by molar-refractivity contribution is 5.88. The number of para-hydroxylation sites is 1. The molecule has 30 heavy (non-hydrogen) atoms. The molecule has 7 nitrogen and oxygen atoms in total. The van der Waals surface area contributed by atoms with Gasteiger partial charge < -0.3 is 20.7 Å². The quantitative estimate of drug-likeness (QED) is 0.635. The predicted octanol–water partition coefficient (Wildman–Crippen LogP) is 3.73. The first kappa shape index (κ1) is 19.2. The Bertz CT molecular complexity index is 1100. The molecule has 1 amide bonds. The molecule has 0 saturated heterocycles. The van der Waals surface area contributed by atoms with E-state index in [1.165, 1.54) is 12.4 Å². The lowest BCUT2D eigenvalue weighted by Crippen LogP contribution is -2.44. The van der Waals surface area contributed by atoms with Gasteiger partial charge in [-0.25, -0.2) is 9.97 Å². The average molecular weight is 399 g/mol. The highest BCUT2D eigenvalue weighted by atomic mass is 16.5. The van der Waals surface area contributed by atoms with Gasteiger partial charge in [0.25, 0.3) is 0 Å². The van der Waals surface area contributed by atoms with Gasteiger partial charge in [-0.2, -0.15) is 0 Å². The summed E-state index contributed by atoms with van der Waals surface area (Å²) in [4.78, 5) is 22.3. The van der Waals surface area contributed by atoms with Crippen LogP contribution in [0.2, 0.25) is 0 Å². The fourth-order valence-corrected chi connectivity index (χ4v) is 3.38. The topological polar surface area (TPSA) is 93.4 Å². The van der Waals surface area contributed by atoms with Crippen molar-refractivity contribution in [1.29, 1.82) is 0 Å². The van der Waals surface area contributed by atoms with E-state index in [0.717, 1.165) is 17.1 Å². The molecule has 0 aliphatic carbocycles.